The highest BCUT2D eigenvalue weighted by Gasteiger charge is 2.30. The molecule has 3 rings (SSSR count). The van der Waals surface area contributed by atoms with Crippen LogP contribution < -0.4 is 5.32 Å². The van der Waals surface area contributed by atoms with Gasteiger partial charge in [0.2, 0.25) is 5.91 Å². The van der Waals surface area contributed by atoms with Crippen LogP contribution in [0.5, 0.6) is 0 Å². The van der Waals surface area contributed by atoms with Crippen molar-refractivity contribution in [3.63, 3.8) is 0 Å². The van der Waals surface area contributed by atoms with Crippen molar-refractivity contribution in [2.45, 2.75) is 31.9 Å². The van der Waals surface area contributed by atoms with Gasteiger partial charge >= 0.3 is 0 Å². The molecule has 140 valence electrons. The second-order valence-electron chi connectivity index (χ2n) is 7.08. The standard InChI is InChI=1S/C22H25N3O2/c1-16(22(27)24-20-9-7-17(15-23)8-10-20)25-13-11-19(12-14-25)21(26)18-5-3-2-4-6-18/h2-10,16,19,21,26H,11-14H2,1H3,(H,24,27)/t16-,21+/m1/s1. The number of aliphatic hydroxyl groups is 1. The molecule has 1 amide bonds. The van der Waals surface area contributed by atoms with Gasteiger partial charge in [0.25, 0.3) is 0 Å². The fourth-order valence-corrected chi connectivity index (χ4v) is 3.59. The van der Waals surface area contributed by atoms with E-state index < -0.39 is 6.10 Å². The number of hydrogen-bond acceptors (Lipinski definition) is 4. The number of nitrogens with zero attached hydrogens (tertiary/aromatic N) is 2. The Bertz CT molecular complexity index is 791. The molecule has 1 fully saturated rings. The van der Waals surface area contributed by atoms with Crippen LogP contribution in [0.25, 0.3) is 0 Å². The van der Waals surface area contributed by atoms with Gasteiger partial charge in [-0.3, -0.25) is 9.69 Å². The second kappa shape index (κ2) is 8.81. The van der Waals surface area contributed by atoms with Crippen molar-refractivity contribution in [3.8, 4) is 6.07 Å². The quantitative estimate of drug-likeness (QED) is 0.854. The Morgan fingerprint density at radius 1 is 1.15 bits per heavy atom. The lowest BCUT2D eigenvalue weighted by molar-refractivity contribution is -0.121. The van der Waals surface area contributed by atoms with Gasteiger partial charge in [-0.15, -0.1) is 0 Å². The van der Waals surface area contributed by atoms with E-state index in [-0.39, 0.29) is 17.9 Å². The second-order valence-corrected chi connectivity index (χ2v) is 7.08. The predicted molar refractivity (Wildman–Crippen MR) is 105 cm³/mol. The summed E-state index contributed by atoms with van der Waals surface area (Å²) in [6.45, 7) is 3.49. The minimum Gasteiger partial charge on any atom is -0.388 e. The highest BCUT2D eigenvalue weighted by molar-refractivity contribution is 5.94. The van der Waals surface area contributed by atoms with Crippen LogP contribution in [0, 0.1) is 17.2 Å². The zero-order valence-electron chi connectivity index (χ0n) is 15.5. The van der Waals surface area contributed by atoms with Crippen LogP contribution in [0.2, 0.25) is 0 Å². The average molecular weight is 363 g/mol. The van der Waals surface area contributed by atoms with E-state index >= 15 is 0 Å². The number of anilines is 1. The zero-order valence-corrected chi connectivity index (χ0v) is 15.5. The molecule has 2 aromatic carbocycles. The summed E-state index contributed by atoms with van der Waals surface area (Å²) in [7, 11) is 0. The highest BCUT2D eigenvalue weighted by atomic mass is 16.3. The maximum Gasteiger partial charge on any atom is 0.241 e. The van der Waals surface area contributed by atoms with Crippen LogP contribution >= 0.6 is 0 Å². The van der Waals surface area contributed by atoms with Gasteiger partial charge in [-0.25, -0.2) is 0 Å². The van der Waals surface area contributed by atoms with E-state index in [1.54, 1.807) is 24.3 Å². The van der Waals surface area contributed by atoms with Gasteiger partial charge in [0.1, 0.15) is 0 Å². The summed E-state index contributed by atoms with van der Waals surface area (Å²) in [4.78, 5) is 14.7. The predicted octanol–water partition coefficient (Wildman–Crippen LogP) is 3.33. The van der Waals surface area contributed by atoms with Crippen molar-refractivity contribution in [3.05, 3.63) is 65.7 Å². The number of piperidine rings is 1. The summed E-state index contributed by atoms with van der Waals surface area (Å²) in [5, 5.41) is 22.3. The molecule has 1 aliphatic heterocycles. The Morgan fingerprint density at radius 3 is 2.37 bits per heavy atom. The number of aliphatic hydroxyl groups excluding tert-OH is 1. The molecule has 0 saturated carbocycles. The number of amides is 1. The molecule has 27 heavy (non-hydrogen) atoms. The van der Waals surface area contributed by atoms with E-state index in [1.165, 1.54) is 0 Å². The topological polar surface area (TPSA) is 76.4 Å². The number of likely N-dealkylation sites (tertiary alicyclic amines) is 1. The Labute approximate surface area is 160 Å². The summed E-state index contributed by atoms with van der Waals surface area (Å²) >= 11 is 0. The Hall–Kier alpha value is -2.68. The molecule has 5 heteroatoms. The first-order valence-electron chi connectivity index (χ1n) is 9.36. The minimum atomic E-state index is -0.448. The van der Waals surface area contributed by atoms with Crippen molar-refractivity contribution in [2.75, 3.05) is 18.4 Å². The van der Waals surface area contributed by atoms with Crippen molar-refractivity contribution in [1.29, 1.82) is 5.26 Å². The first-order chi connectivity index (χ1) is 13.1. The number of nitriles is 1. The molecule has 1 heterocycles. The van der Waals surface area contributed by atoms with E-state index in [0.29, 0.717) is 11.3 Å². The molecule has 0 aliphatic carbocycles. The van der Waals surface area contributed by atoms with E-state index in [9.17, 15) is 9.90 Å². The van der Waals surface area contributed by atoms with E-state index in [0.717, 1.165) is 31.5 Å². The average Bonchev–Trinajstić information content (AvgIpc) is 2.74. The zero-order chi connectivity index (χ0) is 19.2. The summed E-state index contributed by atoms with van der Waals surface area (Å²) in [6, 6.07) is 18.5. The van der Waals surface area contributed by atoms with Crippen molar-refractivity contribution >= 4 is 11.6 Å². The van der Waals surface area contributed by atoms with Gasteiger partial charge in [-0.05, 0) is 68.6 Å². The van der Waals surface area contributed by atoms with Crippen LogP contribution in [-0.2, 0) is 4.79 Å². The Morgan fingerprint density at radius 2 is 1.78 bits per heavy atom. The summed E-state index contributed by atoms with van der Waals surface area (Å²) < 4.78 is 0. The molecule has 2 atom stereocenters. The Kier molecular flexibility index (Phi) is 6.23. The van der Waals surface area contributed by atoms with Gasteiger partial charge in [-0.2, -0.15) is 5.26 Å². The molecule has 5 nitrogen and oxygen atoms in total. The molecule has 0 unspecified atom stereocenters. The number of nitrogens with one attached hydrogen (secondary N) is 1. The highest BCUT2D eigenvalue weighted by Crippen LogP contribution is 2.31. The first-order valence-corrected chi connectivity index (χ1v) is 9.36. The molecular formula is C22H25N3O2. The summed E-state index contributed by atoms with van der Waals surface area (Å²) in [6.07, 6.45) is 1.28. The summed E-state index contributed by atoms with van der Waals surface area (Å²) in [5.74, 6) is 0.166. The van der Waals surface area contributed by atoms with Gasteiger partial charge in [0, 0.05) is 5.69 Å². The van der Waals surface area contributed by atoms with Crippen LogP contribution in [0.3, 0.4) is 0 Å². The van der Waals surface area contributed by atoms with Gasteiger partial charge < -0.3 is 10.4 Å². The lowest BCUT2D eigenvalue weighted by Gasteiger charge is -2.37. The molecule has 0 spiro atoms. The lowest BCUT2D eigenvalue weighted by atomic mass is 9.87. The molecular weight excluding hydrogens is 338 g/mol. The van der Waals surface area contributed by atoms with E-state index in [2.05, 4.69) is 16.3 Å². The van der Waals surface area contributed by atoms with Crippen molar-refractivity contribution in [2.24, 2.45) is 5.92 Å². The third-order valence-electron chi connectivity index (χ3n) is 5.37. The van der Waals surface area contributed by atoms with Crippen LogP contribution in [-0.4, -0.2) is 35.0 Å². The third kappa shape index (κ3) is 4.73. The van der Waals surface area contributed by atoms with Crippen LogP contribution in [0.1, 0.15) is 37.0 Å². The SMILES string of the molecule is C[C@H](C(=O)Nc1ccc(C#N)cc1)N1CCC([C@@H](O)c2ccccc2)CC1. The minimum absolute atomic E-state index is 0.0539. The molecule has 2 aromatic rings. The largest absolute Gasteiger partial charge is 0.388 e. The third-order valence-corrected chi connectivity index (χ3v) is 5.37. The number of benzene rings is 2. The van der Waals surface area contributed by atoms with E-state index in [1.807, 2.05) is 37.3 Å². The van der Waals surface area contributed by atoms with Crippen LogP contribution in [0.4, 0.5) is 5.69 Å². The molecule has 2 N–H and O–H groups in total. The molecule has 0 radical (unpaired) electrons. The Balaban J connectivity index is 1.52. The fourth-order valence-electron chi connectivity index (χ4n) is 3.59. The molecule has 1 saturated heterocycles. The number of carbonyl (C=O) groups is 1. The smallest absolute Gasteiger partial charge is 0.241 e. The number of rotatable bonds is 5. The summed E-state index contributed by atoms with van der Waals surface area (Å²) in [5.41, 5.74) is 2.22. The van der Waals surface area contributed by atoms with Gasteiger partial charge in [-0.1, -0.05) is 30.3 Å². The maximum atomic E-state index is 12.5. The van der Waals surface area contributed by atoms with Gasteiger partial charge in [0.05, 0.1) is 23.8 Å². The van der Waals surface area contributed by atoms with Crippen molar-refractivity contribution < 1.29 is 9.90 Å². The molecule has 0 aromatic heterocycles. The first kappa shape index (κ1) is 19.1. The van der Waals surface area contributed by atoms with Crippen molar-refractivity contribution in [1.82, 2.24) is 4.90 Å². The van der Waals surface area contributed by atoms with Gasteiger partial charge in [0.15, 0.2) is 0 Å². The monoisotopic (exact) mass is 363 g/mol. The lowest BCUT2D eigenvalue weighted by Crippen LogP contribution is -2.46. The number of carbonyl (C=O) groups excluding carboxylic acids is 1. The number of hydrogen-bond donors (Lipinski definition) is 2. The molecule has 1 aliphatic rings. The maximum absolute atomic E-state index is 12.5. The van der Waals surface area contributed by atoms with Crippen LogP contribution in [0.15, 0.2) is 54.6 Å². The normalized spacial score (nSPS) is 17.7. The van der Waals surface area contributed by atoms with E-state index in [4.69, 9.17) is 5.26 Å². The fraction of sp³-hybridized carbons (Fsp3) is 0.364. The molecule has 0 bridgehead atoms.